The summed E-state index contributed by atoms with van der Waals surface area (Å²) in [5.41, 5.74) is 15.9. The molecule has 14 nitrogen and oxygen atoms in total. The van der Waals surface area contributed by atoms with E-state index in [4.69, 9.17) is 37.9 Å². The Balaban J connectivity index is 0.922. The van der Waals surface area contributed by atoms with Gasteiger partial charge in [0.25, 0.3) is 0 Å². The number of nitrogens with zero attached hydrogens (tertiary/aromatic N) is 6. The average Bonchev–Trinajstić information content (AvgIpc) is 1.56. The summed E-state index contributed by atoms with van der Waals surface area (Å²) in [6, 6.07) is 63.5. The monoisotopic (exact) mass is 1230 g/mol. The molecular weight excluding hydrogens is 1150 g/mol. The highest BCUT2D eigenvalue weighted by Gasteiger charge is 2.37. The number of para-hydroxylation sites is 3. The summed E-state index contributed by atoms with van der Waals surface area (Å²) >= 11 is 0. The van der Waals surface area contributed by atoms with Crippen molar-refractivity contribution < 1.29 is 37.9 Å². The van der Waals surface area contributed by atoms with Gasteiger partial charge in [-0.15, -0.1) is 0 Å². The molecule has 92 heavy (non-hydrogen) atoms. The first-order chi connectivity index (χ1) is 45.6. The minimum atomic E-state index is 0.183. The van der Waals surface area contributed by atoms with Crippen molar-refractivity contribution in [1.29, 1.82) is 0 Å². The van der Waals surface area contributed by atoms with Gasteiger partial charge in [-0.25, -0.2) is 0 Å². The average molecular weight is 1240 g/mol. The molecule has 0 amide bonds. The smallest absolute Gasteiger partial charge is 0.0701 e. The summed E-state index contributed by atoms with van der Waals surface area (Å²) in [5, 5.41) is 7.16. The van der Waals surface area contributed by atoms with Crippen LogP contribution < -0.4 is 14.7 Å². The first-order valence-electron chi connectivity index (χ1n) is 33.2. The summed E-state index contributed by atoms with van der Waals surface area (Å²) in [6.07, 6.45) is 9.09. The molecule has 8 aromatic carbocycles. The summed E-state index contributed by atoms with van der Waals surface area (Å²) in [5.74, 6) is 0.183. The number of anilines is 7. The van der Waals surface area contributed by atoms with Gasteiger partial charge in [-0.3, -0.25) is 0 Å². The van der Waals surface area contributed by atoms with E-state index in [0.29, 0.717) is 106 Å². The standard InChI is InChI=1S/C78H86N6O8/c1-5-85-45-49-89-41-37-79-71-21-13-9-17-63(71)67-53-59(29-33-75(67)79)83(60-30-34-76-68(54-60)64-18-10-14-22-72(64)80(76)38-42-90-50-46-86-6-2)57-25-27-58(28-26-57)84(61-31-35-77-69(55-61)65-19-11-15-23-73(65)81(77)39-43-91-51-47-87-7-3)62-32-36-78-70(56-62)66-20-12-16-24-74(66)82(78)40-44-92-52-48-88-8-4/h9-36,53-56,63,71H,5-8,37-52H2,1-4H3. The Kier molecular flexibility index (Phi) is 20.4. The van der Waals surface area contributed by atoms with E-state index in [1.165, 1.54) is 65.6 Å². The third-order valence-electron chi connectivity index (χ3n) is 18.0. The van der Waals surface area contributed by atoms with Gasteiger partial charge in [0.1, 0.15) is 0 Å². The summed E-state index contributed by atoms with van der Waals surface area (Å²) in [7, 11) is 0. The SMILES string of the molecule is CCOCCOCCN1c2ccc(N(c3ccc(N(c4ccc5c(c4)c4ccccc4n5CCOCCOCC)c4ccc5c(c4)c4ccccc4n5CCOCCOCC)cc3)c3ccc4c(c3)c3ccccc3n4CCOCCOCC)cc2C2C=CC=CC21. The van der Waals surface area contributed by atoms with E-state index < -0.39 is 0 Å². The second kappa shape index (κ2) is 30.0. The molecule has 0 fully saturated rings. The highest BCUT2D eigenvalue weighted by molar-refractivity contribution is 6.12. The topological polar surface area (TPSA) is 98.4 Å². The largest absolute Gasteiger partial charge is 0.379 e. The number of rotatable bonds is 34. The molecular formula is C78H86N6O8. The Labute approximate surface area is 540 Å². The van der Waals surface area contributed by atoms with Crippen molar-refractivity contribution in [2.45, 2.75) is 59.3 Å². The highest BCUT2D eigenvalue weighted by atomic mass is 16.5. The number of ether oxygens (including phenoxy) is 8. The van der Waals surface area contributed by atoms with Crippen LogP contribution in [-0.4, -0.2) is 132 Å². The first kappa shape index (κ1) is 62.5. The minimum absolute atomic E-state index is 0.183. The fraction of sp³-hybridized carbons (Fsp3) is 0.333. The molecule has 2 atom stereocenters. The molecule has 476 valence electrons. The number of fused-ring (bicyclic) bond motifs is 12. The molecule has 0 N–H and O–H groups in total. The van der Waals surface area contributed by atoms with Crippen molar-refractivity contribution in [3.8, 4) is 0 Å². The van der Waals surface area contributed by atoms with E-state index in [-0.39, 0.29) is 12.0 Å². The molecule has 0 saturated carbocycles. The third kappa shape index (κ3) is 13.1. The molecule has 0 spiro atoms. The molecule has 2 unspecified atom stereocenters. The molecule has 11 aromatic rings. The van der Waals surface area contributed by atoms with E-state index >= 15 is 0 Å². The van der Waals surface area contributed by atoms with Gasteiger partial charge in [-0.1, -0.05) is 78.9 Å². The molecule has 0 radical (unpaired) electrons. The van der Waals surface area contributed by atoms with Gasteiger partial charge in [0.15, 0.2) is 0 Å². The lowest BCUT2D eigenvalue weighted by Gasteiger charge is -2.29. The predicted octanol–water partition coefficient (Wildman–Crippen LogP) is 16.6. The normalized spacial score (nSPS) is 14.5. The zero-order valence-corrected chi connectivity index (χ0v) is 53.7. The van der Waals surface area contributed by atoms with E-state index in [1.807, 2.05) is 27.7 Å². The fourth-order valence-corrected chi connectivity index (χ4v) is 13.8. The van der Waals surface area contributed by atoms with Gasteiger partial charge < -0.3 is 66.3 Å². The Morgan fingerprint density at radius 2 is 0.630 bits per heavy atom. The van der Waals surface area contributed by atoms with Gasteiger partial charge in [0.2, 0.25) is 0 Å². The van der Waals surface area contributed by atoms with E-state index in [2.05, 4.69) is 223 Å². The van der Waals surface area contributed by atoms with E-state index in [9.17, 15) is 0 Å². The molecule has 0 bridgehead atoms. The maximum Gasteiger partial charge on any atom is 0.0701 e. The minimum Gasteiger partial charge on any atom is -0.379 e. The second-order valence-electron chi connectivity index (χ2n) is 23.3. The van der Waals surface area contributed by atoms with Gasteiger partial charge in [-0.2, -0.15) is 0 Å². The third-order valence-corrected chi connectivity index (χ3v) is 18.0. The van der Waals surface area contributed by atoms with Crippen LogP contribution in [0.15, 0.2) is 194 Å². The molecule has 1 aliphatic carbocycles. The zero-order valence-electron chi connectivity index (χ0n) is 53.7. The molecule has 13 rings (SSSR count). The van der Waals surface area contributed by atoms with Crippen molar-refractivity contribution >= 4 is 105 Å². The lowest BCUT2D eigenvalue weighted by atomic mass is 9.91. The lowest BCUT2D eigenvalue weighted by Crippen LogP contribution is -2.35. The molecule has 14 heteroatoms. The number of allylic oxidation sites excluding steroid dienone is 2. The number of hydrogen-bond donors (Lipinski definition) is 0. The number of benzene rings is 8. The van der Waals surface area contributed by atoms with Crippen molar-refractivity contribution in [2.24, 2.45) is 0 Å². The quantitative estimate of drug-likeness (QED) is 0.0361. The Morgan fingerprint density at radius 1 is 0.304 bits per heavy atom. The number of hydrogen-bond acceptors (Lipinski definition) is 11. The Bertz CT molecular complexity index is 4200. The fourth-order valence-electron chi connectivity index (χ4n) is 13.8. The van der Waals surface area contributed by atoms with E-state index in [1.54, 1.807) is 0 Å². The van der Waals surface area contributed by atoms with Gasteiger partial charge in [0, 0.05) is 164 Å². The Morgan fingerprint density at radius 3 is 1.03 bits per heavy atom. The van der Waals surface area contributed by atoms with Crippen LogP contribution in [0.25, 0.3) is 65.4 Å². The van der Waals surface area contributed by atoms with Crippen LogP contribution in [-0.2, 0) is 57.5 Å². The van der Waals surface area contributed by atoms with Crippen LogP contribution in [0, 0.1) is 0 Å². The molecule has 3 aromatic heterocycles. The van der Waals surface area contributed by atoms with Crippen LogP contribution in [0.4, 0.5) is 39.8 Å². The zero-order chi connectivity index (χ0) is 62.6. The van der Waals surface area contributed by atoms with Crippen LogP contribution in [0.1, 0.15) is 39.2 Å². The summed E-state index contributed by atoms with van der Waals surface area (Å²) in [4.78, 5) is 7.38. The van der Waals surface area contributed by atoms with Crippen LogP contribution in [0.5, 0.6) is 0 Å². The molecule has 2 aliphatic rings. The second-order valence-corrected chi connectivity index (χ2v) is 23.3. The van der Waals surface area contributed by atoms with Gasteiger partial charge in [0.05, 0.1) is 85.3 Å². The van der Waals surface area contributed by atoms with Crippen molar-refractivity contribution in [3.05, 3.63) is 200 Å². The lowest BCUT2D eigenvalue weighted by molar-refractivity contribution is 0.0503. The number of aromatic nitrogens is 3. The van der Waals surface area contributed by atoms with E-state index in [0.717, 1.165) is 71.3 Å². The predicted molar refractivity (Wildman–Crippen MR) is 376 cm³/mol. The van der Waals surface area contributed by atoms with Crippen LogP contribution in [0.2, 0.25) is 0 Å². The van der Waals surface area contributed by atoms with Crippen molar-refractivity contribution in [1.82, 2.24) is 13.7 Å². The molecule has 1 aliphatic heterocycles. The first-order valence-corrected chi connectivity index (χ1v) is 33.2. The molecule has 4 heterocycles. The Hall–Kier alpha value is -8.28. The maximum atomic E-state index is 6.14. The van der Waals surface area contributed by atoms with Crippen molar-refractivity contribution in [2.75, 3.05) is 127 Å². The van der Waals surface area contributed by atoms with Gasteiger partial charge in [-0.05, 0) is 149 Å². The van der Waals surface area contributed by atoms with Crippen LogP contribution in [0.3, 0.4) is 0 Å². The van der Waals surface area contributed by atoms with Crippen LogP contribution >= 0.6 is 0 Å². The van der Waals surface area contributed by atoms with Crippen molar-refractivity contribution in [3.63, 3.8) is 0 Å². The summed E-state index contributed by atoms with van der Waals surface area (Å²) < 4.78 is 54.0. The maximum absolute atomic E-state index is 6.14. The highest BCUT2D eigenvalue weighted by Crippen LogP contribution is 2.49. The molecule has 0 saturated heterocycles. The van der Waals surface area contributed by atoms with Gasteiger partial charge >= 0.3 is 0 Å². The summed E-state index contributed by atoms with van der Waals surface area (Å²) in [6.45, 7) is 20.7.